The molecule has 17 heavy (non-hydrogen) atoms. The molecule has 2 N–H and O–H groups in total. The predicted molar refractivity (Wildman–Crippen MR) is 68.5 cm³/mol. The Balaban J connectivity index is 2.25. The third-order valence-electron chi connectivity index (χ3n) is 3.31. The van der Waals surface area contributed by atoms with Crippen LogP contribution in [0.5, 0.6) is 5.75 Å². The molecular weight excluding hydrogens is 214 g/mol. The molecule has 0 amide bonds. The summed E-state index contributed by atoms with van der Waals surface area (Å²) in [7, 11) is 1.70. The number of aliphatic hydroxyl groups excluding tert-OH is 1. The van der Waals surface area contributed by atoms with Gasteiger partial charge in [0, 0.05) is 18.5 Å². The van der Waals surface area contributed by atoms with Crippen LogP contribution in [-0.4, -0.2) is 30.4 Å². The fourth-order valence-corrected chi connectivity index (χ4v) is 2.55. The largest absolute Gasteiger partial charge is 0.496 e. The van der Waals surface area contributed by atoms with Crippen molar-refractivity contribution in [2.45, 2.75) is 44.9 Å². The van der Waals surface area contributed by atoms with Crippen LogP contribution in [0.1, 0.15) is 25.0 Å². The average molecular weight is 235 g/mol. The van der Waals surface area contributed by atoms with Crippen molar-refractivity contribution in [3.8, 4) is 5.75 Å². The molecule has 3 heteroatoms. The molecule has 94 valence electrons. The van der Waals surface area contributed by atoms with Gasteiger partial charge in [-0.15, -0.1) is 0 Å². The third kappa shape index (κ3) is 2.61. The second-order valence-electron chi connectivity index (χ2n) is 5.00. The van der Waals surface area contributed by atoms with E-state index in [9.17, 15) is 5.11 Å². The Morgan fingerprint density at radius 2 is 2.12 bits per heavy atom. The monoisotopic (exact) mass is 235 g/mol. The summed E-state index contributed by atoms with van der Waals surface area (Å²) in [6.07, 6.45) is 1.23. The van der Waals surface area contributed by atoms with Crippen molar-refractivity contribution < 1.29 is 9.84 Å². The average Bonchev–Trinajstić information content (AvgIpc) is 2.28. The molecule has 2 rings (SSSR count). The SMILES string of the molecule is COc1cccc2c1C[C@@H](NC(C)C)[C@H](O)C2. The Kier molecular flexibility index (Phi) is 3.69. The van der Waals surface area contributed by atoms with Crippen LogP contribution in [0.2, 0.25) is 0 Å². The van der Waals surface area contributed by atoms with E-state index >= 15 is 0 Å². The number of methoxy groups -OCH3 is 1. The number of benzene rings is 1. The van der Waals surface area contributed by atoms with Crippen LogP contribution in [0.3, 0.4) is 0 Å². The van der Waals surface area contributed by atoms with Crippen LogP contribution in [0, 0.1) is 0 Å². The van der Waals surface area contributed by atoms with Gasteiger partial charge in [0.25, 0.3) is 0 Å². The summed E-state index contributed by atoms with van der Waals surface area (Å²) in [5, 5.41) is 13.5. The van der Waals surface area contributed by atoms with Crippen molar-refractivity contribution in [2.24, 2.45) is 0 Å². The highest BCUT2D eigenvalue weighted by Gasteiger charge is 2.28. The van der Waals surface area contributed by atoms with Crippen LogP contribution in [0.4, 0.5) is 0 Å². The van der Waals surface area contributed by atoms with Gasteiger partial charge in [-0.25, -0.2) is 0 Å². The first kappa shape index (κ1) is 12.4. The number of hydrogen-bond acceptors (Lipinski definition) is 3. The Bertz CT molecular complexity index is 390. The Labute approximate surface area is 103 Å². The van der Waals surface area contributed by atoms with Crippen molar-refractivity contribution in [1.29, 1.82) is 0 Å². The van der Waals surface area contributed by atoms with Gasteiger partial charge in [-0.05, 0) is 23.6 Å². The molecule has 2 atom stereocenters. The summed E-state index contributed by atoms with van der Waals surface area (Å²) in [5.41, 5.74) is 2.44. The van der Waals surface area contributed by atoms with Crippen LogP contribution < -0.4 is 10.1 Å². The van der Waals surface area contributed by atoms with Gasteiger partial charge >= 0.3 is 0 Å². The van der Waals surface area contributed by atoms with Crippen molar-refractivity contribution >= 4 is 0 Å². The van der Waals surface area contributed by atoms with Gasteiger partial charge in [0.15, 0.2) is 0 Å². The molecule has 0 saturated carbocycles. The summed E-state index contributed by atoms with van der Waals surface area (Å²) < 4.78 is 5.39. The molecule has 0 heterocycles. The minimum atomic E-state index is -0.308. The van der Waals surface area contributed by atoms with Crippen LogP contribution in [0.15, 0.2) is 18.2 Å². The first-order valence-corrected chi connectivity index (χ1v) is 6.20. The second kappa shape index (κ2) is 5.07. The minimum absolute atomic E-state index is 0.124. The molecule has 1 aromatic rings. The molecule has 0 radical (unpaired) electrons. The lowest BCUT2D eigenvalue weighted by Gasteiger charge is -2.32. The van der Waals surface area contributed by atoms with E-state index in [1.54, 1.807) is 7.11 Å². The fourth-order valence-electron chi connectivity index (χ4n) is 2.55. The maximum absolute atomic E-state index is 10.1. The Hall–Kier alpha value is -1.06. The van der Waals surface area contributed by atoms with E-state index in [4.69, 9.17) is 4.74 Å². The maximum atomic E-state index is 10.1. The molecule has 3 nitrogen and oxygen atoms in total. The third-order valence-corrected chi connectivity index (χ3v) is 3.31. The van der Waals surface area contributed by atoms with Crippen LogP contribution in [-0.2, 0) is 12.8 Å². The van der Waals surface area contributed by atoms with Gasteiger partial charge in [-0.2, -0.15) is 0 Å². The molecule has 1 aliphatic carbocycles. The molecular formula is C14H21NO2. The molecule has 0 unspecified atom stereocenters. The number of hydrogen-bond donors (Lipinski definition) is 2. The fraction of sp³-hybridized carbons (Fsp3) is 0.571. The summed E-state index contributed by atoms with van der Waals surface area (Å²) >= 11 is 0. The van der Waals surface area contributed by atoms with Crippen molar-refractivity contribution in [1.82, 2.24) is 5.32 Å². The smallest absolute Gasteiger partial charge is 0.122 e. The van der Waals surface area contributed by atoms with Gasteiger partial charge in [-0.1, -0.05) is 26.0 Å². The van der Waals surface area contributed by atoms with Gasteiger partial charge in [0.2, 0.25) is 0 Å². The minimum Gasteiger partial charge on any atom is -0.496 e. The maximum Gasteiger partial charge on any atom is 0.122 e. The highest BCUT2D eigenvalue weighted by Crippen LogP contribution is 2.29. The van der Waals surface area contributed by atoms with E-state index in [0.717, 1.165) is 12.2 Å². The number of nitrogens with one attached hydrogen (secondary N) is 1. The lowest BCUT2D eigenvalue weighted by atomic mass is 9.85. The van der Waals surface area contributed by atoms with Crippen LogP contribution in [0.25, 0.3) is 0 Å². The van der Waals surface area contributed by atoms with Crippen molar-refractivity contribution in [3.63, 3.8) is 0 Å². The second-order valence-corrected chi connectivity index (χ2v) is 5.00. The molecule has 1 aliphatic rings. The highest BCUT2D eigenvalue weighted by molar-refractivity contribution is 5.43. The molecule has 0 aromatic heterocycles. The topological polar surface area (TPSA) is 41.5 Å². The van der Waals surface area contributed by atoms with Gasteiger partial charge in [-0.3, -0.25) is 0 Å². The van der Waals surface area contributed by atoms with Crippen molar-refractivity contribution in [2.75, 3.05) is 7.11 Å². The Morgan fingerprint density at radius 3 is 2.76 bits per heavy atom. The first-order chi connectivity index (χ1) is 8.11. The zero-order valence-electron chi connectivity index (χ0n) is 10.7. The zero-order chi connectivity index (χ0) is 12.4. The summed E-state index contributed by atoms with van der Waals surface area (Å²) in [5.74, 6) is 0.935. The van der Waals surface area contributed by atoms with E-state index in [1.807, 2.05) is 12.1 Å². The van der Waals surface area contributed by atoms with Gasteiger partial charge in [0.05, 0.1) is 13.2 Å². The standard InChI is InChI=1S/C14H21NO2/c1-9(2)15-12-8-11-10(7-13(12)16)5-4-6-14(11)17-3/h4-6,9,12-13,15-16H,7-8H2,1-3H3/t12-,13-/m1/s1. The molecule has 1 aromatic carbocycles. The first-order valence-electron chi connectivity index (χ1n) is 6.20. The van der Waals surface area contributed by atoms with E-state index in [-0.39, 0.29) is 12.1 Å². The number of ether oxygens (including phenoxy) is 1. The van der Waals surface area contributed by atoms with Crippen LogP contribution >= 0.6 is 0 Å². The van der Waals surface area contributed by atoms with Crippen molar-refractivity contribution in [3.05, 3.63) is 29.3 Å². The highest BCUT2D eigenvalue weighted by atomic mass is 16.5. The summed E-state index contributed by atoms with van der Waals surface area (Å²) in [4.78, 5) is 0. The molecule has 0 aliphatic heterocycles. The molecule has 0 saturated heterocycles. The number of fused-ring (bicyclic) bond motifs is 1. The van der Waals surface area contributed by atoms with Gasteiger partial charge in [0.1, 0.15) is 5.75 Å². The lowest BCUT2D eigenvalue weighted by Crippen LogP contribution is -2.48. The zero-order valence-corrected chi connectivity index (χ0v) is 10.7. The van der Waals surface area contributed by atoms with E-state index < -0.39 is 0 Å². The quantitative estimate of drug-likeness (QED) is 0.834. The predicted octanol–water partition coefficient (Wildman–Crippen LogP) is 1.52. The summed E-state index contributed by atoms with van der Waals surface area (Å²) in [6.45, 7) is 4.20. The molecule has 0 fully saturated rings. The lowest BCUT2D eigenvalue weighted by molar-refractivity contribution is 0.114. The van der Waals surface area contributed by atoms with E-state index in [2.05, 4.69) is 25.2 Å². The molecule has 0 spiro atoms. The summed E-state index contributed by atoms with van der Waals surface area (Å²) in [6, 6.07) is 6.56. The Morgan fingerprint density at radius 1 is 1.35 bits per heavy atom. The number of rotatable bonds is 3. The normalized spacial score (nSPS) is 23.6. The van der Waals surface area contributed by atoms with Gasteiger partial charge < -0.3 is 15.2 Å². The number of aliphatic hydroxyl groups is 1. The van der Waals surface area contributed by atoms with E-state index in [0.29, 0.717) is 12.5 Å². The van der Waals surface area contributed by atoms with E-state index in [1.165, 1.54) is 11.1 Å². The molecule has 0 bridgehead atoms.